The second-order valence-corrected chi connectivity index (χ2v) is 4.25. The number of nitrogens with zero attached hydrogens (tertiary/aromatic N) is 2. The summed E-state index contributed by atoms with van der Waals surface area (Å²) in [6.07, 6.45) is 3.33. The molecule has 0 spiro atoms. The van der Waals surface area contributed by atoms with Crippen LogP contribution in [0.25, 0.3) is 0 Å². The fourth-order valence-electron chi connectivity index (χ4n) is 2.47. The topological polar surface area (TPSA) is 20.2 Å². The molecule has 2 rings (SSSR count). The molecule has 1 aliphatic rings. The third-order valence-electron chi connectivity index (χ3n) is 3.30. The fraction of sp³-hybridized carbons (Fsp3) is 0.667. The Kier molecular flexibility index (Phi) is 7.88. The number of piperazine rings is 1. The predicted octanol–water partition coefficient (Wildman–Crippen LogP) is 2.23. The molecule has 0 radical (unpaired) electrons. The first-order valence-corrected chi connectivity index (χ1v) is 5.89. The van der Waals surface area contributed by atoms with E-state index in [1.165, 1.54) is 25.2 Å². The van der Waals surface area contributed by atoms with Crippen LogP contribution in [0.2, 0.25) is 0 Å². The van der Waals surface area contributed by atoms with Crippen molar-refractivity contribution in [3.63, 3.8) is 0 Å². The van der Waals surface area contributed by atoms with Crippen LogP contribution in [0.5, 0.6) is 0 Å². The number of hydrogen-bond acceptors (Lipinski definition) is 2. The van der Waals surface area contributed by atoms with E-state index in [4.69, 9.17) is 0 Å². The Labute approximate surface area is 116 Å². The van der Waals surface area contributed by atoms with E-state index in [-0.39, 0.29) is 24.8 Å². The zero-order valence-corrected chi connectivity index (χ0v) is 12.2. The normalized spacial score (nSPS) is 18.0. The summed E-state index contributed by atoms with van der Waals surface area (Å²) in [4.78, 5) is 2.59. The average molecular weight is 280 g/mol. The molecule has 1 aromatic heterocycles. The van der Waals surface area contributed by atoms with Crippen molar-refractivity contribution >= 4 is 24.8 Å². The van der Waals surface area contributed by atoms with Crippen LogP contribution in [-0.4, -0.2) is 35.6 Å². The van der Waals surface area contributed by atoms with E-state index in [1.807, 2.05) is 0 Å². The Morgan fingerprint density at radius 1 is 1.29 bits per heavy atom. The zero-order chi connectivity index (χ0) is 10.7. The van der Waals surface area contributed by atoms with Crippen LogP contribution in [0.4, 0.5) is 0 Å². The first-order chi connectivity index (χ1) is 7.33. The summed E-state index contributed by atoms with van der Waals surface area (Å²) in [5.74, 6) is 0. The number of nitrogens with one attached hydrogen (secondary N) is 1. The molecule has 0 aliphatic carbocycles. The Morgan fingerprint density at radius 2 is 1.94 bits per heavy atom. The summed E-state index contributed by atoms with van der Waals surface area (Å²) in [5, 5.41) is 3.41. The first-order valence-electron chi connectivity index (χ1n) is 5.89. The summed E-state index contributed by atoms with van der Waals surface area (Å²) < 4.78 is 2.25. The molecule has 1 atom stereocenters. The Morgan fingerprint density at radius 3 is 2.41 bits per heavy atom. The average Bonchev–Trinajstić information content (AvgIpc) is 2.68. The number of halogens is 2. The molecule has 2 heterocycles. The largest absolute Gasteiger partial charge is 0.353 e. The molecular formula is C12H23Cl2N3. The van der Waals surface area contributed by atoms with Gasteiger partial charge in [-0.25, -0.2) is 0 Å². The molecule has 0 aromatic carbocycles. The molecule has 1 saturated heterocycles. The van der Waals surface area contributed by atoms with Crippen molar-refractivity contribution in [2.75, 3.05) is 26.2 Å². The van der Waals surface area contributed by atoms with E-state index in [1.54, 1.807) is 0 Å². The highest BCUT2D eigenvalue weighted by Gasteiger charge is 2.21. The van der Waals surface area contributed by atoms with Crippen molar-refractivity contribution < 1.29 is 0 Å². The second-order valence-electron chi connectivity index (χ2n) is 4.25. The maximum atomic E-state index is 3.41. The molecule has 100 valence electrons. The lowest BCUT2D eigenvalue weighted by atomic mass is 10.1. The van der Waals surface area contributed by atoms with Crippen LogP contribution in [0.1, 0.15) is 25.1 Å². The van der Waals surface area contributed by atoms with Crippen LogP contribution in [0, 0.1) is 0 Å². The smallest absolute Gasteiger partial charge is 0.0498 e. The molecule has 1 aromatic rings. The predicted molar refractivity (Wildman–Crippen MR) is 77.4 cm³/mol. The molecule has 0 saturated carbocycles. The summed E-state index contributed by atoms with van der Waals surface area (Å²) in [7, 11) is 2.14. The molecule has 5 heteroatoms. The van der Waals surface area contributed by atoms with Gasteiger partial charge in [0.1, 0.15) is 0 Å². The van der Waals surface area contributed by atoms with Crippen molar-refractivity contribution in [3.8, 4) is 0 Å². The van der Waals surface area contributed by atoms with Crippen molar-refractivity contribution in [3.05, 3.63) is 24.0 Å². The first kappa shape index (κ1) is 16.8. The van der Waals surface area contributed by atoms with Gasteiger partial charge >= 0.3 is 0 Å². The molecule has 1 N–H and O–H groups in total. The maximum absolute atomic E-state index is 3.41. The minimum Gasteiger partial charge on any atom is -0.353 e. The minimum absolute atomic E-state index is 0. The Balaban J connectivity index is 0.00000128. The van der Waals surface area contributed by atoms with Crippen LogP contribution in [0.3, 0.4) is 0 Å². The Bertz CT molecular complexity index is 308. The fourth-order valence-corrected chi connectivity index (χ4v) is 2.47. The van der Waals surface area contributed by atoms with Gasteiger partial charge in [-0.3, -0.25) is 4.90 Å². The molecular weight excluding hydrogens is 257 g/mol. The lowest BCUT2D eigenvalue weighted by Crippen LogP contribution is -2.45. The van der Waals surface area contributed by atoms with Gasteiger partial charge in [0.15, 0.2) is 0 Å². The van der Waals surface area contributed by atoms with Crippen LogP contribution >= 0.6 is 24.8 Å². The maximum Gasteiger partial charge on any atom is 0.0498 e. The summed E-state index contributed by atoms with van der Waals surface area (Å²) in [5.41, 5.74) is 1.44. The van der Waals surface area contributed by atoms with E-state index in [2.05, 4.69) is 47.1 Å². The lowest BCUT2D eigenvalue weighted by molar-refractivity contribution is 0.164. The lowest BCUT2D eigenvalue weighted by Gasteiger charge is -2.34. The molecule has 0 amide bonds. The highest BCUT2D eigenvalue weighted by Crippen LogP contribution is 2.24. The van der Waals surface area contributed by atoms with Crippen molar-refractivity contribution in [2.24, 2.45) is 7.05 Å². The third kappa shape index (κ3) is 3.88. The second kappa shape index (κ2) is 7.98. The van der Waals surface area contributed by atoms with Crippen molar-refractivity contribution in [1.29, 1.82) is 0 Å². The van der Waals surface area contributed by atoms with Gasteiger partial charge in [0.2, 0.25) is 0 Å². The molecule has 17 heavy (non-hydrogen) atoms. The monoisotopic (exact) mass is 279 g/mol. The van der Waals surface area contributed by atoms with Gasteiger partial charge in [-0.15, -0.1) is 24.8 Å². The standard InChI is InChI=1S/C12H21N3.2ClH/c1-3-11(12-5-4-8-14(12)2)15-9-6-13-7-10-15;;/h4-5,8,11,13H,3,6-7,9-10H2,1-2H3;2*1H/t11-;;/m0../s1. The minimum atomic E-state index is 0. The summed E-state index contributed by atoms with van der Waals surface area (Å²) >= 11 is 0. The third-order valence-corrected chi connectivity index (χ3v) is 3.30. The Hall–Kier alpha value is -0.220. The van der Waals surface area contributed by atoms with Crippen molar-refractivity contribution in [1.82, 2.24) is 14.8 Å². The summed E-state index contributed by atoms with van der Waals surface area (Å²) in [6, 6.07) is 4.98. The molecule has 1 fully saturated rings. The van der Waals surface area contributed by atoms with Gasteiger partial charge in [-0.1, -0.05) is 6.92 Å². The quantitative estimate of drug-likeness (QED) is 0.916. The number of rotatable bonds is 3. The van der Waals surface area contributed by atoms with Gasteiger partial charge < -0.3 is 9.88 Å². The molecule has 0 bridgehead atoms. The van der Waals surface area contributed by atoms with E-state index in [9.17, 15) is 0 Å². The van der Waals surface area contributed by atoms with Gasteiger partial charge in [0.05, 0.1) is 0 Å². The summed E-state index contributed by atoms with van der Waals surface area (Å²) in [6.45, 7) is 6.87. The SMILES string of the molecule is CC[C@@H](c1cccn1C)N1CCNCC1.Cl.Cl. The highest BCUT2D eigenvalue weighted by atomic mass is 35.5. The van der Waals surface area contributed by atoms with Gasteiger partial charge in [-0.2, -0.15) is 0 Å². The zero-order valence-electron chi connectivity index (χ0n) is 10.6. The molecule has 0 unspecified atom stereocenters. The van der Waals surface area contributed by atoms with Crippen LogP contribution in [-0.2, 0) is 7.05 Å². The number of hydrogen-bond donors (Lipinski definition) is 1. The van der Waals surface area contributed by atoms with Crippen LogP contribution < -0.4 is 5.32 Å². The van der Waals surface area contributed by atoms with Gasteiger partial charge in [0, 0.05) is 51.2 Å². The van der Waals surface area contributed by atoms with E-state index in [0.717, 1.165) is 13.1 Å². The van der Waals surface area contributed by atoms with Crippen molar-refractivity contribution in [2.45, 2.75) is 19.4 Å². The number of aryl methyl sites for hydroxylation is 1. The highest BCUT2D eigenvalue weighted by molar-refractivity contribution is 5.85. The van der Waals surface area contributed by atoms with E-state index in [0.29, 0.717) is 6.04 Å². The van der Waals surface area contributed by atoms with Gasteiger partial charge in [-0.05, 0) is 18.6 Å². The van der Waals surface area contributed by atoms with E-state index < -0.39 is 0 Å². The molecule has 3 nitrogen and oxygen atoms in total. The van der Waals surface area contributed by atoms with Gasteiger partial charge in [0.25, 0.3) is 0 Å². The molecule has 1 aliphatic heterocycles. The van der Waals surface area contributed by atoms with E-state index >= 15 is 0 Å². The number of aromatic nitrogens is 1. The van der Waals surface area contributed by atoms with Crippen LogP contribution in [0.15, 0.2) is 18.3 Å².